The fourth-order valence-corrected chi connectivity index (χ4v) is 3.69. The smallest absolute Gasteiger partial charge is 0.161 e. The van der Waals surface area contributed by atoms with Gasteiger partial charge >= 0.3 is 0 Å². The Morgan fingerprint density at radius 3 is 2.61 bits per heavy atom. The summed E-state index contributed by atoms with van der Waals surface area (Å²) in [5, 5.41) is 0.525. The first-order chi connectivity index (χ1) is 8.76. The van der Waals surface area contributed by atoms with E-state index in [-0.39, 0.29) is 6.04 Å². The van der Waals surface area contributed by atoms with Crippen LogP contribution < -0.4 is 15.2 Å². The normalized spacial score (nSPS) is 21.4. The van der Waals surface area contributed by atoms with Crippen LogP contribution in [0, 0.1) is 0 Å². The second kappa shape index (κ2) is 6.34. The van der Waals surface area contributed by atoms with Crippen molar-refractivity contribution in [1.29, 1.82) is 0 Å². The Morgan fingerprint density at radius 1 is 1.22 bits per heavy atom. The summed E-state index contributed by atoms with van der Waals surface area (Å²) >= 11 is 1.99. The zero-order chi connectivity index (χ0) is 13.0. The average molecular weight is 267 g/mol. The van der Waals surface area contributed by atoms with E-state index in [9.17, 15) is 0 Å². The molecule has 2 rings (SSSR count). The monoisotopic (exact) mass is 267 g/mol. The molecule has 1 heterocycles. The van der Waals surface area contributed by atoms with Gasteiger partial charge in [-0.05, 0) is 36.3 Å². The molecule has 0 aromatic heterocycles. The Kier molecular flexibility index (Phi) is 4.78. The highest BCUT2D eigenvalue weighted by Crippen LogP contribution is 2.36. The van der Waals surface area contributed by atoms with Crippen molar-refractivity contribution in [1.82, 2.24) is 0 Å². The number of methoxy groups -OCH3 is 2. The van der Waals surface area contributed by atoms with Gasteiger partial charge in [-0.25, -0.2) is 0 Å². The molecule has 1 aliphatic heterocycles. The Hall–Kier alpha value is -0.870. The van der Waals surface area contributed by atoms with Crippen LogP contribution in [-0.2, 0) is 0 Å². The van der Waals surface area contributed by atoms with Gasteiger partial charge in [0.05, 0.1) is 14.2 Å². The number of thioether (sulfide) groups is 1. The van der Waals surface area contributed by atoms with E-state index >= 15 is 0 Å². The quantitative estimate of drug-likeness (QED) is 0.911. The summed E-state index contributed by atoms with van der Waals surface area (Å²) in [6.45, 7) is 0. The lowest BCUT2D eigenvalue weighted by atomic mass is 10.00. The third-order valence-corrected chi connectivity index (χ3v) is 4.89. The molecule has 1 aromatic carbocycles. The van der Waals surface area contributed by atoms with E-state index in [2.05, 4.69) is 0 Å². The molecule has 4 heteroatoms. The maximum absolute atomic E-state index is 6.37. The lowest BCUT2D eigenvalue weighted by Gasteiger charge is -2.27. The van der Waals surface area contributed by atoms with Gasteiger partial charge in [0, 0.05) is 11.3 Å². The van der Waals surface area contributed by atoms with Gasteiger partial charge in [0.15, 0.2) is 11.5 Å². The van der Waals surface area contributed by atoms with Gasteiger partial charge in [-0.1, -0.05) is 12.5 Å². The maximum Gasteiger partial charge on any atom is 0.161 e. The number of hydrogen-bond donors (Lipinski definition) is 1. The number of hydrogen-bond acceptors (Lipinski definition) is 4. The molecule has 0 spiro atoms. The molecule has 0 aliphatic carbocycles. The van der Waals surface area contributed by atoms with Crippen LogP contribution >= 0.6 is 11.8 Å². The van der Waals surface area contributed by atoms with E-state index in [0.717, 1.165) is 17.1 Å². The second-order valence-corrected chi connectivity index (χ2v) is 5.89. The fraction of sp³-hybridized carbons (Fsp3) is 0.571. The molecule has 3 nitrogen and oxygen atoms in total. The predicted octanol–water partition coefficient (Wildman–Crippen LogP) is 2.99. The first kappa shape index (κ1) is 13.6. The largest absolute Gasteiger partial charge is 0.493 e. The minimum Gasteiger partial charge on any atom is -0.493 e. The molecule has 2 N–H and O–H groups in total. The first-order valence-electron chi connectivity index (χ1n) is 6.35. The van der Waals surface area contributed by atoms with Crippen molar-refractivity contribution >= 4 is 11.8 Å². The summed E-state index contributed by atoms with van der Waals surface area (Å²) in [6, 6.07) is 6.05. The van der Waals surface area contributed by atoms with E-state index in [4.69, 9.17) is 15.2 Å². The fourth-order valence-electron chi connectivity index (χ4n) is 2.32. The number of rotatable bonds is 4. The molecule has 0 bridgehead atoms. The van der Waals surface area contributed by atoms with E-state index < -0.39 is 0 Å². The molecule has 2 unspecified atom stereocenters. The number of ether oxygens (including phenoxy) is 2. The molecule has 100 valence electrons. The lowest BCUT2D eigenvalue weighted by Crippen LogP contribution is -2.26. The van der Waals surface area contributed by atoms with Crippen LogP contribution in [0.1, 0.15) is 30.9 Å². The minimum atomic E-state index is 0.0788. The van der Waals surface area contributed by atoms with Crippen molar-refractivity contribution < 1.29 is 9.47 Å². The highest BCUT2D eigenvalue weighted by atomic mass is 32.2. The number of benzene rings is 1. The molecule has 1 fully saturated rings. The Balaban J connectivity index is 2.16. The third-order valence-electron chi connectivity index (χ3n) is 3.41. The molecule has 0 saturated carbocycles. The number of nitrogens with two attached hydrogens (primary N) is 1. The van der Waals surface area contributed by atoms with Crippen LogP contribution in [0.4, 0.5) is 0 Å². The van der Waals surface area contributed by atoms with Crippen molar-refractivity contribution in [3.05, 3.63) is 23.8 Å². The average Bonchev–Trinajstić information content (AvgIpc) is 2.46. The highest BCUT2D eigenvalue weighted by molar-refractivity contribution is 8.00. The zero-order valence-corrected chi connectivity index (χ0v) is 11.8. The zero-order valence-electron chi connectivity index (χ0n) is 11.0. The molecule has 18 heavy (non-hydrogen) atoms. The van der Waals surface area contributed by atoms with Gasteiger partial charge in [-0.2, -0.15) is 11.8 Å². The van der Waals surface area contributed by atoms with Gasteiger partial charge < -0.3 is 15.2 Å². The summed E-state index contributed by atoms with van der Waals surface area (Å²) < 4.78 is 10.6. The summed E-state index contributed by atoms with van der Waals surface area (Å²) in [7, 11) is 3.30. The van der Waals surface area contributed by atoms with Crippen molar-refractivity contribution in [2.24, 2.45) is 5.73 Å². The van der Waals surface area contributed by atoms with Crippen molar-refractivity contribution in [3.8, 4) is 11.5 Å². The van der Waals surface area contributed by atoms with Gasteiger partial charge in [-0.15, -0.1) is 0 Å². The van der Waals surface area contributed by atoms with E-state index in [1.165, 1.54) is 25.0 Å². The topological polar surface area (TPSA) is 44.5 Å². The Morgan fingerprint density at radius 2 is 2.00 bits per heavy atom. The molecule has 1 aliphatic rings. The summed E-state index contributed by atoms with van der Waals surface area (Å²) in [5.74, 6) is 2.74. The molecular formula is C14H21NO2S. The molecule has 1 aromatic rings. The first-order valence-corrected chi connectivity index (χ1v) is 7.40. The van der Waals surface area contributed by atoms with Crippen LogP contribution in [0.2, 0.25) is 0 Å². The van der Waals surface area contributed by atoms with E-state index in [0.29, 0.717) is 5.25 Å². The van der Waals surface area contributed by atoms with E-state index in [1.807, 2.05) is 30.0 Å². The molecular weight excluding hydrogens is 246 g/mol. The second-order valence-electron chi connectivity index (χ2n) is 4.55. The van der Waals surface area contributed by atoms with Gasteiger partial charge in [0.1, 0.15) is 0 Å². The van der Waals surface area contributed by atoms with Crippen LogP contribution in [0.15, 0.2) is 18.2 Å². The predicted molar refractivity (Wildman–Crippen MR) is 76.6 cm³/mol. The van der Waals surface area contributed by atoms with Crippen molar-refractivity contribution in [2.45, 2.75) is 30.6 Å². The molecule has 1 saturated heterocycles. The third kappa shape index (κ3) is 2.93. The summed E-state index contributed by atoms with van der Waals surface area (Å²) in [5.41, 5.74) is 7.50. The van der Waals surface area contributed by atoms with Crippen LogP contribution in [-0.4, -0.2) is 25.2 Å². The Bertz CT molecular complexity index is 391. The summed E-state index contributed by atoms with van der Waals surface area (Å²) in [4.78, 5) is 0. The lowest BCUT2D eigenvalue weighted by molar-refractivity contribution is 0.354. The van der Waals surface area contributed by atoms with E-state index in [1.54, 1.807) is 14.2 Å². The minimum absolute atomic E-state index is 0.0788. The van der Waals surface area contributed by atoms with Crippen molar-refractivity contribution in [3.63, 3.8) is 0 Å². The standard InChI is InChI=1S/C14H21NO2S/c1-16-11-7-6-10(9-12(11)17-2)14(15)13-5-3-4-8-18-13/h6-7,9,13-14H,3-5,8,15H2,1-2H3. The van der Waals surface area contributed by atoms with Crippen LogP contribution in [0.3, 0.4) is 0 Å². The Labute approximate surface area is 113 Å². The molecule has 0 amide bonds. The SMILES string of the molecule is COc1ccc(C(N)C2CCCCS2)cc1OC. The molecule has 0 radical (unpaired) electrons. The highest BCUT2D eigenvalue weighted by Gasteiger charge is 2.23. The van der Waals surface area contributed by atoms with Gasteiger partial charge in [0.25, 0.3) is 0 Å². The van der Waals surface area contributed by atoms with Gasteiger partial charge in [-0.3, -0.25) is 0 Å². The molecule has 2 atom stereocenters. The van der Waals surface area contributed by atoms with Crippen molar-refractivity contribution in [2.75, 3.05) is 20.0 Å². The van der Waals surface area contributed by atoms with Gasteiger partial charge in [0.2, 0.25) is 0 Å². The van der Waals surface area contributed by atoms with Crippen LogP contribution in [0.5, 0.6) is 11.5 Å². The maximum atomic E-state index is 6.37. The summed E-state index contributed by atoms with van der Waals surface area (Å²) in [6.07, 6.45) is 3.82. The van der Waals surface area contributed by atoms with Crippen LogP contribution in [0.25, 0.3) is 0 Å².